The van der Waals surface area contributed by atoms with Gasteiger partial charge in [-0.3, -0.25) is 18.8 Å². The van der Waals surface area contributed by atoms with Gasteiger partial charge in [-0.25, -0.2) is 27.5 Å². The van der Waals surface area contributed by atoms with Crippen LogP contribution in [0.3, 0.4) is 0 Å². The van der Waals surface area contributed by atoms with E-state index in [1.165, 1.54) is 24.3 Å². The molecule has 2 heterocycles. The molecule has 2 fully saturated rings. The number of hydrogen-bond donors (Lipinski definition) is 4. The average molecular weight is 580 g/mol. The van der Waals surface area contributed by atoms with Crippen LogP contribution in [-0.2, 0) is 27.7 Å². The van der Waals surface area contributed by atoms with E-state index >= 15 is 0 Å². The number of benzene rings is 2. The number of anilines is 2. The summed E-state index contributed by atoms with van der Waals surface area (Å²) in [6.07, 6.45) is -3.81. The Kier molecular flexibility index (Phi) is 7.89. The third-order valence-electron chi connectivity index (χ3n) is 5.42. The molecule has 2 aromatic rings. The number of phosphoric acid groups is 2. The predicted octanol–water partition coefficient (Wildman–Crippen LogP) is 2.50. The van der Waals surface area contributed by atoms with Gasteiger partial charge in [0.15, 0.2) is 0 Å². The molecule has 18 heteroatoms. The average Bonchev–Trinajstić information content (AvgIpc) is 3.37. The third kappa shape index (κ3) is 6.73. The lowest BCUT2D eigenvalue weighted by atomic mass is 10.0. The number of nitrogens with zero attached hydrogens (tertiary/aromatic N) is 2. The Morgan fingerprint density at radius 1 is 0.763 bits per heavy atom. The Morgan fingerprint density at radius 3 is 1.45 bits per heavy atom. The second kappa shape index (κ2) is 10.7. The minimum absolute atomic E-state index is 0.0512. The summed E-state index contributed by atoms with van der Waals surface area (Å²) in [4.78, 5) is 61.4. The maximum absolute atomic E-state index is 15.0. The lowest BCUT2D eigenvalue weighted by Crippen LogP contribution is -2.26. The van der Waals surface area contributed by atoms with Crippen molar-refractivity contribution < 1.29 is 65.6 Å². The Labute approximate surface area is 212 Å². The first-order valence-electron chi connectivity index (χ1n) is 10.7. The van der Waals surface area contributed by atoms with Crippen molar-refractivity contribution in [3.8, 4) is 11.1 Å². The van der Waals surface area contributed by atoms with Crippen molar-refractivity contribution >= 4 is 39.2 Å². The van der Waals surface area contributed by atoms with Crippen LogP contribution in [-0.4, -0.2) is 70.3 Å². The van der Waals surface area contributed by atoms with E-state index in [-0.39, 0.29) is 35.6 Å². The van der Waals surface area contributed by atoms with Gasteiger partial charge in [0.25, 0.3) is 0 Å². The molecule has 2 aliphatic heterocycles. The third-order valence-corrected chi connectivity index (χ3v) is 6.40. The van der Waals surface area contributed by atoms with Crippen molar-refractivity contribution in [2.24, 2.45) is 0 Å². The Bertz CT molecular complexity index is 1250. The number of cyclic esters (lactones) is 2. The second-order valence-corrected chi connectivity index (χ2v) is 10.6. The van der Waals surface area contributed by atoms with Gasteiger partial charge >= 0.3 is 27.8 Å². The molecule has 0 spiro atoms. The summed E-state index contributed by atoms with van der Waals surface area (Å²) in [6, 6.07) is 6.99. The maximum Gasteiger partial charge on any atom is 0.469 e. The number of carbonyl (C=O) groups excluding carboxylic acids is 2. The SMILES string of the molecule is O=C1O[C@H](COP(=O)(O)O)CN1c1ccc(-c2ccc(N3C[C@H](COP(=O)(O)O)OC3=O)cc2F)c(F)c1. The molecular formula is C20H20F2N2O12P2. The fraction of sp³-hybridized carbons (Fsp3) is 0.300. The molecule has 0 saturated carbocycles. The first-order chi connectivity index (χ1) is 17.7. The van der Waals surface area contributed by atoms with E-state index in [9.17, 15) is 27.5 Å². The van der Waals surface area contributed by atoms with E-state index in [4.69, 9.17) is 29.0 Å². The van der Waals surface area contributed by atoms with Crippen LogP contribution >= 0.6 is 15.6 Å². The Hall–Kier alpha value is -2.94. The van der Waals surface area contributed by atoms with Crippen molar-refractivity contribution in [3.05, 3.63) is 48.0 Å². The summed E-state index contributed by atoms with van der Waals surface area (Å²) in [6.45, 7) is -1.50. The van der Waals surface area contributed by atoms with Crippen LogP contribution < -0.4 is 9.80 Å². The van der Waals surface area contributed by atoms with Gasteiger partial charge in [-0.2, -0.15) is 0 Å². The van der Waals surface area contributed by atoms with Gasteiger partial charge in [0.2, 0.25) is 0 Å². The molecule has 4 N–H and O–H groups in total. The van der Waals surface area contributed by atoms with E-state index in [0.717, 1.165) is 21.9 Å². The van der Waals surface area contributed by atoms with Gasteiger partial charge in [0, 0.05) is 11.1 Å². The van der Waals surface area contributed by atoms with Gasteiger partial charge in [-0.1, -0.05) is 0 Å². The monoisotopic (exact) mass is 580 g/mol. The fourth-order valence-corrected chi connectivity index (χ4v) is 4.50. The summed E-state index contributed by atoms with van der Waals surface area (Å²) in [5, 5.41) is 0. The quantitative estimate of drug-likeness (QED) is 0.317. The summed E-state index contributed by atoms with van der Waals surface area (Å²) in [5.74, 6) is -1.79. The highest BCUT2D eigenvalue weighted by Gasteiger charge is 2.36. The van der Waals surface area contributed by atoms with Gasteiger partial charge < -0.3 is 29.0 Å². The maximum atomic E-state index is 15.0. The van der Waals surface area contributed by atoms with Crippen molar-refractivity contribution in [2.75, 3.05) is 36.1 Å². The lowest BCUT2D eigenvalue weighted by molar-refractivity contribution is 0.0880. The molecule has 0 unspecified atom stereocenters. The highest BCUT2D eigenvalue weighted by atomic mass is 31.2. The van der Waals surface area contributed by atoms with Crippen molar-refractivity contribution in [1.82, 2.24) is 0 Å². The van der Waals surface area contributed by atoms with Crippen molar-refractivity contribution in [3.63, 3.8) is 0 Å². The van der Waals surface area contributed by atoms with Crippen molar-refractivity contribution in [2.45, 2.75) is 12.2 Å². The highest BCUT2D eigenvalue weighted by Crippen LogP contribution is 2.38. The highest BCUT2D eigenvalue weighted by molar-refractivity contribution is 7.46. The van der Waals surface area contributed by atoms with E-state index in [2.05, 4.69) is 9.05 Å². The molecule has 0 bridgehead atoms. The molecule has 2 aliphatic rings. The number of amides is 2. The zero-order chi connectivity index (χ0) is 27.8. The van der Waals surface area contributed by atoms with Crippen LogP contribution in [0.4, 0.5) is 29.7 Å². The minimum atomic E-state index is -4.78. The largest absolute Gasteiger partial charge is 0.469 e. The molecule has 206 valence electrons. The van der Waals surface area contributed by atoms with Crippen molar-refractivity contribution in [1.29, 1.82) is 0 Å². The van der Waals surface area contributed by atoms with Crippen LogP contribution in [0.2, 0.25) is 0 Å². The number of carbonyl (C=O) groups is 2. The van der Waals surface area contributed by atoms with Crippen LogP contribution in [0.25, 0.3) is 11.1 Å². The summed E-state index contributed by atoms with van der Waals surface area (Å²) in [5.41, 5.74) is -0.224. The zero-order valence-corrected chi connectivity index (χ0v) is 20.8. The lowest BCUT2D eigenvalue weighted by Gasteiger charge is -2.16. The van der Waals surface area contributed by atoms with Crippen LogP contribution in [0.1, 0.15) is 0 Å². The molecule has 0 aliphatic carbocycles. The molecule has 38 heavy (non-hydrogen) atoms. The smallest absolute Gasteiger partial charge is 0.441 e. The van der Waals surface area contributed by atoms with E-state index < -0.39 is 64.9 Å². The molecular weight excluding hydrogens is 560 g/mol. The van der Waals surface area contributed by atoms with Crippen LogP contribution in [0, 0.1) is 11.6 Å². The minimum Gasteiger partial charge on any atom is -0.441 e. The standard InChI is InChI=1S/C20H20F2N2O12P2/c21-17-5-11(23-7-13(35-19(23)25)9-33-37(27,28)29)1-3-15(17)16-4-2-12(6-18(16)22)24-8-14(36-20(24)26)10-34-38(30,31)32/h1-6,13-14H,7-10H2,(H2,27,28,29)(H2,30,31,32)/t13-,14+. The number of ether oxygens (including phenoxy) is 2. The number of halogens is 2. The Morgan fingerprint density at radius 2 is 1.13 bits per heavy atom. The molecule has 2 aromatic carbocycles. The van der Waals surface area contributed by atoms with E-state index in [1.807, 2.05) is 0 Å². The topological polar surface area (TPSA) is 193 Å². The first kappa shape index (κ1) is 28.1. The van der Waals surface area contributed by atoms with Gasteiger partial charge in [0.1, 0.15) is 23.8 Å². The number of phosphoric ester groups is 2. The first-order valence-corrected chi connectivity index (χ1v) is 13.7. The number of rotatable bonds is 9. The molecule has 0 aromatic heterocycles. The van der Waals surface area contributed by atoms with Crippen LogP contribution in [0.5, 0.6) is 0 Å². The van der Waals surface area contributed by atoms with Gasteiger partial charge in [-0.15, -0.1) is 0 Å². The summed E-state index contributed by atoms with van der Waals surface area (Å²) >= 11 is 0. The van der Waals surface area contributed by atoms with Gasteiger partial charge in [-0.05, 0) is 36.4 Å². The normalized spacial score (nSPS) is 20.2. The molecule has 2 atom stereocenters. The predicted molar refractivity (Wildman–Crippen MR) is 123 cm³/mol. The fourth-order valence-electron chi connectivity index (χ4n) is 3.78. The molecule has 2 amide bonds. The summed E-state index contributed by atoms with van der Waals surface area (Å²) < 4.78 is 70.1. The van der Waals surface area contributed by atoms with Gasteiger partial charge in [0.05, 0.1) is 37.7 Å². The second-order valence-electron chi connectivity index (χ2n) is 8.13. The summed E-state index contributed by atoms with van der Waals surface area (Å²) in [7, 11) is -9.56. The molecule has 14 nitrogen and oxygen atoms in total. The molecule has 0 radical (unpaired) electrons. The molecule has 4 rings (SSSR count). The zero-order valence-electron chi connectivity index (χ0n) is 19.0. The number of hydrogen-bond acceptors (Lipinski definition) is 8. The molecule has 2 saturated heterocycles. The van der Waals surface area contributed by atoms with E-state index in [1.54, 1.807) is 0 Å². The van der Waals surface area contributed by atoms with E-state index in [0.29, 0.717) is 0 Å². The Balaban J connectivity index is 1.46. The van der Waals surface area contributed by atoms with Crippen LogP contribution in [0.15, 0.2) is 36.4 Å².